The van der Waals surface area contributed by atoms with Crippen molar-refractivity contribution in [2.45, 2.75) is 52.0 Å². The standard InChI is InChI=1S/C21H33NO6/c1-5-6-8-17(21(24)25)18(22-15(2)23)13-16-9-10-19(27-4)20(14-16)28-12-7-11-26-3/h9-10,14,17-18H,5-8,11-13H2,1-4H3,(H,22,23)(H,24,25). The summed E-state index contributed by atoms with van der Waals surface area (Å²) in [6, 6.07) is 5.03. The number of carboxylic acid groups (broad SMARTS) is 1. The van der Waals surface area contributed by atoms with Gasteiger partial charge in [-0.25, -0.2) is 0 Å². The summed E-state index contributed by atoms with van der Waals surface area (Å²) in [5, 5.41) is 12.5. The molecular formula is C21H33NO6. The molecule has 0 radical (unpaired) electrons. The number of carboxylic acids is 1. The summed E-state index contributed by atoms with van der Waals surface area (Å²) in [7, 11) is 3.21. The van der Waals surface area contributed by atoms with Crippen LogP contribution in [0.3, 0.4) is 0 Å². The number of rotatable bonds is 14. The SMILES string of the molecule is CCCCC(C(=O)O)C(Cc1ccc(OC)c(OCCCOC)c1)NC(C)=O. The second-order valence-electron chi connectivity index (χ2n) is 6.78. The zero-order chi connectivity index (χ0) is 20.9. The molecule has 2 N–H and O–H groups in total. The second kappa shape index (κ2) is 13.0. The van der Waals surface area contributed by atoms with Gasteiger partial charge in [-0.3, -0.25) is 9.59 Å². The Morgan fingerprint density at radius 1 is 1.14 bits per heavy atom. The fraction of sp³-hybridized carbons (Fsp3) is 0.619. The Labute approximate surface area is 167 Å². The summed E-state index contributed by atoms with van der Waals surface area (Å²) in [5.41, 5.74) is 0.879. The molecule has 1 rings (SSSR count). The van der Waals surface area contributed by atoms with Gasteiger partial charge in [-0.1, -0.05) is 25.8 Å². The highest BCUT2D eigenvalue weighted by Crippen LogP contribution is 2.29. The molecule has 0 aliphatic carbocycles. The van der Waals surface area contributed by atoms with Crippen LogP contribution in [0.4, 0.5) is 0 Å². The van der Waals surface area contributed by atoms with Gasteiger partial charge in [0.2, 0.25) is 5.91 Å². The van der Waals surface area contributed by atoms with E-state index in [0.29, 0.717) is 37.6 Å². The molecule has 2 atom stereocenters. The number of hydrogen-bond acceptors (Lipinski definition) is 5. The topological polar surface area (TPSA) is 94.1 Å². The molecule has 7 heteroatoms. The first-order valence-electron chi connectivity index (χ1n) is 9.71. The number of methoxy groups -OCH3 is 2. The van der Waals surface area contributed by atoms with Crippen molar-refractivity contribution in [3.8, 4) is 11.5 Å². The van der Waals surface area contributed by atoms with Crippen LogP contribution >= 0.6 is 0 Å². The third kappa shape index (κ3) is 8.17. The molecule has 0 saturated heterocycles. The number of aliphatic carboxylic acids is 1. The van der Waals surface area contributed by atoms with Crippen molar-refractivity contribution in [2.75, 3.05) is 27.4 Å². The maximum Gasteiger partial charge on any atom is 0.308 e. The minimum atomic E-state index is -0.892. The molecule has 0 aliphatic rings. The first kappa shape index (κ1) is 23.8. The van der Waals surface area contributed by atoms with Gasteiger partial charge in [0, 0.05) is 33.1 Å². The zero-order valence-corrected chi connectivity index (χ0v) is 17.3. The Balaban J connectivity index is 2.99. The Morgan fingerprint density at radius 3 is 2.46 bits per heavy atom. The van der Waals surface area contributed by atoms with Crippen LogP contribution in [0.1, 0.15) is 45.1 Å². The molecule has 2 unspecified atom stereocenters. The maximum absolute atomic E-state index is 11.8. The number of benzene rings is 1. The number of amides is 1. The molecule has 28 heavy (non-hydrogen) atoms. The lowest BCUT2D eigenvalue weighted by molar-refractivity contribution is -0.143. The molecule has 0 heterocycles. The van der Waals surface area contributed by atoms with E-state index in [2.05, 4.69) is 5.32 Å². The third-order valence-corrected chi connectivity index (χ3v) is 4.49. The van der Waals surface area contributed by atoms with Gasteiger partial charge in [0.1, 0.15) is 0 Å². The first-order chi connectivity index (χ1) is 13.4. The predicted molar refractivity (Wildman–Crippen MR) is 107 cm³/mol. The van der Waals surface area contributed by atoms with Crippen LogP contribution in [0.25, 0.3) is 0 Å². The zero-order valence-electron chi connectivity index (χ0n) is 17.3. The second-order valence-corrected chi connectivity index (χ2v) is 6.78. The monoisotopic (exact) mass is 395 g/mol. The van der Waals surface area contributed by atoms with E-state index in [1.54, 1.807) is 20.3 Å². The highest BCUT2D eigenvalue weighted by molar-refractivity contribution is 5.76. The third-order valence-electron chi connectivity index (χ3n) is 4.49. The molecule has 0 saturated carbocycles. The molecule has 7 nitrogen and oxygen atoms in total. The van der Waals surface area contributed by atoms with Crippen molar-refractivity contribution in [3.63, 3.8) is 0 Å². The van der Waals surface area contributed by atoms with Gasteiger partial charge in [-0.2, -0.15) is 0 Å². The van der Waals surface area contributed by atoms with Gasteiger partial charge in [-0.15, -0.1) is 0 Å². The predicted octanol–water partition coefficient (Wildman–Crippen LogP) is 3.05. The van der Waals surface area contributed by atoms with Gasteiger partial charge in [-0.05, 0) is 30.5 Å². The Morgan fingerprint density at radius 2 is 1.89 bits per heavy atom. The van der Waals surface area contributed by atoms with Crippen molar-refractivity contribution < 1.29 is 28.9 Å². The number of carbonyl (C=O) groups is 2. The van der Waals surface area contributed by atoms with Gasteiger partial charge in [0.25, 0.3) is 0 Å². The van der Waals surface area contributed by atoms with Crippen LogP contribution in [0.15, 0.2) is 18.2 Å². The van der Waals surface area contributed by atoms with Gasteiger partial charge in [0.05, 0.1) is 19.6 Å². The van der Waals surface area contributed by atoms with Crippen molar-refractivity contribution in [2.24, 2.45) is 5.92 Å². The van der Waals surface area contributed by atoms with Crippen molar-refractivity contribution in [3.05, 3.63) is 23.8 Å². The minimum Gasteiger partial charge on any atom is -0.493 e. The average molecular weight is 395 g/mol. The highest BCUT2D eigenvalue weighted by atomic mass is 16.5. The van der Waals surface area contributed by atoms with Crippen LogP contribution in [0.5, 0.6) is 11.5 Å². The Bertz CT molecular complexity index is 619. The molecule has 0 fully saturated rings. The first-order valence-corrected chi connectivity index (χ1v) is 9.71. The van der Waals surface area contributed by atoms with E-state index < -0.39 is 17.9 Å². The van der Waals surface area contributed by atoms with Crippen LogP contribution in [0, 0.1) is 5.92 Å². The average Bonchev–Trinajstić information content (AvgIpc) is 2.65. The molecule has 1 aromatic rings. The minimum absolute atomic E-state index is 0.239. The number of unbranched alkanes of at least 4 members (excludes halogenated alkanes) is 1. The molecule has 0 aliphatic heterocycles. The fourth-order valence-electron chi connectivity index (χ4n) is 3.08. The molecule has 0 bridgehead atoms. The largest absolute Gasteiger partial charge is 0.493 e. The van der Waals surface area contributed by atoms with Gasteiger partial charge in [0.15, 0.2) is 11.5 Å². The van der Waals surface area contributed by atoms with E-state index >= 15 is 0 Å². The van der Waals surface area contributed by atoms with Crippen molar-refractivity contribution in [1.82, 2.24) is 5.32 Å². The van der Waals surface area contributed by atoms with E-state index in [1.807, 2.05) is 19.1 Å². The van der Waals surface area contributed by atoms with E-state index in [-0.39, 0.29) is 5.91 Å². The molecule has 1 amide bonds. The van der Waals surface area contributed by atoms with E-state index in [0.717, 1.165) is 24.8 Å². The van der Waals surface area contributed by atoms with Crippen LogP contribution in [0.2, 0.25) is 0 Å². The molecule has 158 valence electrons. The summed E-state index contributed by atoms with van der Waals surface area (Å²) in [4.78, 5) is 23.4. The van der Waals surface area contributed by atoms with Gasteiger partial charge >= 0.3 is 5.97 Å². The quantitative estimate of drug-likeness (QED) is 0.470. The summed E-state index contributed by atoms with van der Waals surface area (Å²) in [6.45, 7) is 4.51. The van der Waals surface area contributed by atoms with E-state index in [9.17, 15) is 14.7 Å². The smallest absolute Gasteiger partial charge is 0.308 e. The van der Waals surface area contributed by atoms with Gasteiger partial charge < -0.3 is 24.6 Å². The Hall–Kier alpha value is -2.28. The summed E-state index contributed by atoms with van der Waals surface area (Å²) >= 11 is 0. The van der Waals surface area contributed by atoms with E-state index in [1.165, 1.54) is 6.92 Å². The lowest BCUT2D eigenvalue weighted by Gasteiger charge is -2.25. The normalized spacial score (nSPS) is 12.9. The number of ether oxygens (including phenoxy) is 3. The van der Waals surface area contributed by atoms with E-state index in [4.69, 9.17) is 14.2 Å². The highest BCUT2D eigenvalue weighted by Gasteiger charge is 2.28. The summed E-state index contributed by atoms with van der Waals surface area (Å²) in [6.07, 6.45) is 3.37. The van der Waals surface area contributed by atoms with Crippen molar-refractivity contribution >= 4 is 11.9 Å². The lowest BCUT2D eigenvalue weighted by Crippen LogP contribution is -2.44. The van der Waals surface area contributed by atoms with Crippen LogP contribution < -0.4 is 14.8 Å². The molecule has 0 aromatic heterocycles. The van der Waals surface area contributed by atoms with Crippen LogP contribution in [-0.4, -0.2) is 50.5 Å². The molecule has 0 spiro atoms. The summed E-state index contributed by atoms with van der Waals surface area (Å²) in [5.74, 6) is -0.567. The maximum atomic E-state index is 11.8. The lowest BCUT2D eigenvalue weighted by atomic mass is 9.89. The number of nitrogens with one attached hydrogen (secondary N) is 1. The van der Waals surface area contributed by atoms with Crippen LogP contribution in [-0.2, 0) is 20.7 Å². The number of carbonyl (C=O) groups excluding carboxylic acids is 1. The Kier molecular flexibility index (Phi) is 11.0. The number of hydrogen-bond donors (Lipinski definition) is 2. The summed E-state index contributed by atoms with van der Waals surface area (Å²) < 4.78 is 16.2. The van der Waals surface area contributed by atoms with Crippen molar-refractivity contribution in [1.29, 1.82) is 0 Å². The molecule has 1 aromatic carbocycles. The fourth-order valence-corrected chi connectivity index (χ4v) is 3.08. The molecular weight excluding hydrogens is 362 g/mol.